The third-order valence-corrected chi connectivity index (χ3v) is 4.46. The molecule has 0 aliphatic rings. The molecule has 0 amide bonds. The lowest BCUT2D eigenvalue weighted by Gasteiger charge is -2.40. The third kappa shape index (κ3) is 6.42. The quantitative estimate of drug-likeness (QED) is 0.455. The second kappa shape index (κ2) is 8.57. The zero-order valence-corrected chi connectivity index (χ0v) is 13.7. The first-order valence-electron chi connectivity index (χ1n) is 7.80. The maximum Gasteiger partial charge on any atom is 0.365 e. The number of nitrogens with zero attached hydrogens (tertiary/aromatic N) is 1. The molecule has 0 aromatic rings. The van der Waals surface area contributed by atoms with E-state index in [0.29, 0.717) is 4.48 Å². The molecular formula is C16H34NO2+. The van der Waals surface area contributed by atoms with Crippen molar-refractivity contribution in [3.63, 3.8) is 0 Å². The minimum Gasteiger partial charge on any atom is -0.477 e. The van der Waals surface area contributed by atoms with Crippen LogP contribution in [0.2, 0.25) is 0 Å². The Morgan fingerprint density at radius 1 is 0.947 bits per heavy atom. The molecule has 1 N–H and O–H groups in total. The molecule has 0 aromatic carbocycles. The Labute approximate surface area is 119 Å². The van der Waals surface area contributed by atoms with Gasteiger partial charge in [0.25, 0.3) is 0 Å². The van der Waals surface area contributed by atoms with Crippen molar-refractivity contribution in [2.24, 2.45) is 0 Å². The smallest absolute Gasteiger partial charge is 0.365 e. The van der Waals surface area contributed by atoms with Gasteiger partial charge in [-0.3, -0.25) is 0 Å². The molecule has 0 aromatic heterocycles. The third-order valence-electron chi connectivity index (χ3n) is 4.46. The number of hydrogen-bond donors (Lipinski definition) is 1. The summed E-state index contributed by atoms with van der Waals surface area (Å²) in [6, 6.07) is 0. The van der Waals surface area contributed by atoms with Gasteiger partial charge in [0.15, 0.2) is 5.54 Å². The van der Waals surface area contributed by atoms with E-state index in [4.69, 9.17) is 0 Å². The summed E-state index contributed by atoms with van der Waals surface area (Å²) in [6.07, 6.45) is 10.8. The summed E-state index contributed by atoms with van der Waals surface area (Å²) < 4.78 is 0.485. The Balaban J connectivity index is 3.88. The molecule has 3 nitrogen and oxygen atoms in total. The minimum absolute atomic E-state index is 0.485. The Morgan fingerprint density at radius 2 is 1.37 bits per heavy atom. The number of unbranched alkanes of at least 4 members (excludes halogenated alkanes) is 7. The lowest BCUT2D eigenvalue weighted by atomic mass is 9.91. The van der Waals surface area contributed by atoms with Crippen LogP contribution in [0.1, 0.15) is 71.6 Å². The molecule has 0 bridgehead atoms. The van der Waals surface area contributed by atoms with Gasteiger partial charge in [0, 0.05) is 13.3 Å². The molecule has 3 heteroatoms. The Hall–Kier alpha value is -0.570. The van der Waals surface area contributed by atoms with Gasteiger partial charge in [-0.05, 0) is 6.42 Å². The molecule has 0 heterocycles. The van der Waals surface area contributed by atoms with Crippen LogP contribution in [0.25, 0.3) is 0 Å². The summed E-state index contributed by atoms with van der Waals surface area (Å²) in [6.45, 7) is 4.11. The highest BCUT2D eigenvalue weighted by Gasteiger charge is 2.45. The Morgan fingerprint density at radius 3 is 1.74 bits per heavy atom. The summed E-state index contributed by atoms with van der Waals surface area (Å²) in [4.78, 5) is 11.5. The molecule has 0 aliphatic carbocycles. The number of carbonyl (C=O) groups is 1. The summed E-state index contributed by atoms with van der Waals surface area (Å²) >= 11 is 0. The topological polar surface area (TPSA) is 37.3 Å². The second-order valence-corrected chi connectivity index (χ2v) is 6.82. The summed E-state index contributed by atoms with van der Waals surface area (Å²) in [5.41, 5.74) is -0.664. The van der Waals surface area contributed by atoms with E-state index in [2.05, 4.69) is 6.92 Å². The monoisotopic (exact) mass is 272 g/mol. The number of likely N-dealkylation sites (N-methyl/N-ethyl adjacent to an activating group) is 1. The standard InChI is InChI=1S/C16H33NO2/c1-6-7-8-9-10-11-12-13-14-16(2,15(18)19)17(3,4)5/h6-14H2,1-5H3/p+1. The molecule has 0 aliphatic heterocycles. The zero-order chi connectivity index (χ0) is 14.9. The van der Waals surface area contributed by atoms with Crippen LogP contribution in [0, 0.1) is 0 Å². The first-order valence-corrected chi connectivity index (χ1v) is 7.80. The van der Waals surface area contributed by atoms with Gasteiger partial charge in [-0.15, -0.1) is 0 Å². The van der Waals surface area contributed by atoms with Crippen molar-refractivity contribution in [3.8, 4) is 0 Å². The van der Waals surface area contributed by atoms with Crippen LogP contribution in [-0.4, -0.2) is 42.2 Å². The molecule has 0 radical (unpaired) electrons. The zero-order valence-electron chi connectivity index (χ0n) is 13.7. The normalized spacial score (nSPS) is 15.2. The van der Waals surface area contributed by atoms with Crippen LogP contribution in [0.15, 0.2) is 0 Å². The fraction of sp³-hybridized carbons (Fsp3) is 0.938. The number of hydrogen-bond acceptors (Lipinski definition) is 1. The predicted octanol–water partition coefficient (Wildman–Crippen LogP) is 4.07. The van der Waals surface area contributed by atoms with Crippen LogP contribution in [-0.2, 0) is 4.79 Å². The number of rotatable bonds is 11. The maximum absolute atomic E-state index is 11.5. The molecule has 19 heavy (non-hydrogen) atoms. The van der Waals surface area contributed by atoms with Crippen molar-refractivity contribution in [1.82, 2.24) is 0 Å². The van der Waals surface area contributed by atoms with Crippen molar-refractivity contribution in [1.29, 1.82) is 0 Å². The van der Waals surface area contributed by atoms with E-state index >= 15 is 0 Å². The first kappa shape index (κ1) is 18.4. The van der Waals surface area contributed by atoms with Gasteiger partial charge >= 0.3 is 5.97 Å². The summed E-state index contributed by atoms with van der Waals surface area (Å²) in [5.74, 6) is -0.678. The fourth-order valence-electron chi connectivity index (χ4n) is 2.33. The second-order valence-electron chi connectivity index (χ2n) is 6.82. The highest BCUT2D eigenvalue weighted by Crippen LogP contribution is 2.26. The van der Waals surface area contributed by atoms with Crippen molar-refractivity contribution >= 4 is 5.97 Å². The Kier molecular flexibility index (Phi) is 8.31. The van der Waals surface area contributed by atoms with Crippen LogP contribution < -0.4 is 0 Å². The van der Waals surface area contributed by atoms with E-state index in [0.717, 1.165) is 19.3 Å². The van der Waals surface area contributed by atoms with E-state index in [1.807, 2.05) is 28.1 Å². The van der Waals surface area contributed by atoms with Gasteiger partial charge in [0.05, 0.1) is 21.1 Å². The van der Waals surface area contributed by atoms with Crippen LogP contribution >= 0.6 is 0 Å². The van der Waals surface area contributed by atoms with Gasteiger partial charge in [-0.25, -0.2) is 4.79 Å². The molecule has 0 spiro atoms. The average molecular weight is 272 g/mol. The van der Waals surface area contributed by atoms with Gasteiger partial charge in [0.2, 0.25) is 0 Å². The number of aliphatic carboxylic acids is 1. The van der Waals surface area contributed by atoms with E-state index < -0.39 is 11.5 Å². The van der Waals surface area contributed by atoms with E-state index in [-0.39, 0.29) is 0 Å². The van der Waals surface area contributed by atoms with Crippen molar-refractivity contribution in [2.75, 3.05) is 21.1 Å². The summed E-state index contributed by atoms with van der Waals surface area (Å²) in [5, 5.41) is 9.45. The van der Waals surface area contributed by atoms with E-state index in [1.54, 1.807) is 0 Å². The molecule has 0 saturated heterocycles. The molecule has 1 unspecified atom stereocenters. The molecule has 0 fully saturated rings. The van der Waals surface area contributed by atoms with Gasteiger partial charge in [0.1, 0.15) is 0 Å². The van der Waals surface area contributed by atoms with Gasteiger partial charge < -0.3 is 9.59 Å². The van der Waals surface area contributed by atoms with Crippen LogP contribution in [0.4, 0.5) is 0 Å². The van der Waals surface area contributed by atoms with Crippen molar-refractivity contribution in [3.05, 3.63) is 0 Å². The highest BCUT2D eigenvalue weighted by atomic mass is 16.4. The van der Waals surface area contributed by atoms with E-state index in [9.17, 15) is 9.90 Å². The molecule has 0 rings (SSSR count). The lowest BCUT2D eigenvalue weighted by molar-refractivity contribution is -0.912. The molecule has 1 atom stereocenters. The molecule has 0 saturated carbocycles. The molecular weight excluding hydrogens is 238 g/mol. The van der Waals surface area contributed by atoms with Crippen molar-refractivity contribution in [2.45, 2.75) is 77.2 Å². The average Bonchev–Trinajstić information content (AvgIpc) is 2.30. The first-order chi connectivity index (χ1) is 8.75. The number of carboxylic acids is 1. The number of carboxylic acid groups (broad SMARTS) is 1. The fourth-order valence-corrected chi connectivity index (χ4v) is 2.33. The predicted molar refractivity (Wildman–Crippen MR) is 81.3 cm³/mol. The largest absolute Gasteiger partial charge is 0.477 e. The van der Waals surface area contributed by atoms with Crippen molar-refractivity contribution < 1.29 is 14.4 Å². The SMILES string of the molecule is CCCCCCCCCCC(C)(C(=O)O)[N+](C)(C)C. The van der Waals surface area contributed by atoms with E-state index in [1.165, 1.54) is 38.5 Å². The Bertz CT molecular complexity index is 258. The highest BCUT2D eigenvalue weighted by molar-refractivity contribution is 5.76. The lowest BCUT2D eigenvalue weighted by Crippen LogP contribution is -2.59. The van der Waals surface area contributed by atoms with Gasteiger partial charge in [-0.1, -0.05) is 51.9 Å². The van der Waals surface area contributed by atoms with Gasteiger partial charge in [-0.2, -0.15) is 0 Å². The molecule has 114 valence electrons. The maximum atomic E-state index is 11.5. The van der Waals surface area contributed by atoms with Crippen LogP contribution in [0.5, 0.6) is 0 Å². The minimum atomic E-state index is -0.678. The van der Waals surface area contributed by atoms with Crippen LogP contribution in [0.3, 0.4) is 0 Å². The number of quaternary nitrogens is 1. The summed E-state index contributed by atoms with van der Waals surface area (Å²) in [7, 11) is 5.91.